The van der Waals surface area contributed by atoms with E-state index < -0.39 is 5.97 Å². The molecule has 1 unspecified atom stereocenters. The first-order chi connectivity index (χ1) is 15.1. The second-order valence-corrected chi connectivity index (χ2v) is 7.80. The average Bonchev–Trinajstić information content (AvgIpc) is 3.27. The standard InChI is InChI=1S/C25H23NO5/c1-29-18-9-7-17(8-10-18)24-19-4-2-3-5-21(19)26(14-20(24)25(27)28)13-16-6-11-22-23(12-16)31-15-30-22/h2-11,16H,12-15H2,1H3,(H,27,28). The van der Waals surface area contributed by atoms with E-state index in [4.69, 9.17) is 14.2 Å². The number of carboxylic acid groups (broad SMARTS) is 1. The van der Waals surface area contributed by atoms with Crippen LogP contribution in [0.5, 0.6) is 5.75 Å². The van der Waals surface area contributed by atoms with E-state index in [0.717, 1.165) is 46.1 Å². The van der Waals surface area contributed by atoms with Gasteiger partial charge in [-0.15, -0.1) is 0 Å². The van der Waals surface area contributed by atoms with Crippen molar-refractivity contribution in [2.24, 2.45) is 5.92 Å². The molecular formula is C25H23NO5. The highest BCUT2D eigenvalue weighted by Gasteiger charge is 2.31. The molecule has 31 heavy (non-hydrogen) atoms. The minimum atomic E-state index is -0.901. The smallest absolute Gasteiger partial charge is 0.334 e. The summed E-state index contributed by atoms with van der Waals surface area (Å²) in [6, 6.07) is 15.6. The minimum absolute atomic E-state index is 0.214. The lowest BCUT2D eigenvalue weighted by atomic mass is 9.87. The van der Waals surface area contributed by atoms with Crippen LogP contribution in [0.4, 0.5) is 5.69 Å². The Bertz CT molecular complexity index is 1110. The molecule has 1 aliphatic carbocycles. The van der Waals surface area contributed by atoms with Gasteiger partial charge in [-0.2, -0.15) is 0 Å². The van der Waals surface area contributed by atoms with E-state index in [-0.39, 0.29) is 12.7 Å². The van der Waals surface area contributed by atoms with Crippen molar-refractivity contribution >= 4 is 17.2 Å². The highest BCUT2D eigenvalue weighted by atomic mass is 16.7. The maximum absolute atomic E-state index is 12.3. The van der Waals surface area contributed by atoms with Gasteiger partial charge in [-0.1, -0.05) is 36.4 Å². The molecular weight excluding hydrogens is 394 g/mol. The molecule has 3 aliphatic rings. The Hall–Kier alpha value is -3.67. The first-order valence-electron chi connectivity index (χ1n) is 10.3. The van der Waals surface area contributed by atoms with Crippen molar-refractivity contribution in [2.75, 3.05) is 31.9 Å². The first-order valence-corrected chi connectivity index (χ1v) is 10.3. The predicted molar refractivity (Wildman–Crippen MR) is 117 cm³/mol. The van der Waals surface area contributed by atoms with Crippen LogP contribution in [0.2, 0.25) is 0 Å². The van der Waals surface area contributed by atoms with Crippen LogP contribution in [0.15, 0.2) is 77.8 Å². The number of allylic oxidation sites excluding steroid dienone is 2. The summed E-state index contributed by atoms with van der Waals surface area (Å²) < 4.78 is 16.3. The number of rotatable bonds is 5. The lowest BCUT2D eigenvalue weighted by Crippen LogP contribution is -2.36. The third-order valence-corrected chi connectivity index (χ3v) is 5.95. The summed E-state index contributed by atoms with van der Waals surface area (Å²) in [7, 11) is 1.62. The molecule has 1 N–H and O–H groups in total. The van der Waals surface area contributed by atoms with Crippen LogP contribution in [0.1, 0.15) is 17.5 Å². The third kappa shape index (κ3) is 3.54. The van der Waals surface area contributed by atoms with Crippen molar-refractivity contribution in [3.8, 4) is 5.75 Å². The van der Waals surface area contributed by atoms with Crippen molar-refractivity contribution in [3.63, 3.8) is 0 Å². The fourth-order valence-electron chi connectivity index (χ4n) is 4.46. The zero-order valence-electron chi connectivity index (χ0n) is 17.2. The molecule has 6 heteroatoms. The Morgan fingerprint density at radius 1 is 1.16 bits per heavy atom. The molecule has 0 saturated carbocycles. The number of hydrogen-bond acceptors (Lipinski definition) is 5. The van der Waals surface area contributed by atoms with E-state index >= 15 is 0 Å². The molecule has 158 valence electrons. The predicted octanol–water partition coefficient (Wildman–Crippen LogP) is 4.19. The SMILES string of the molecule is COc1ccc(C2=C(C(=O)O)CN(CC3C=CC4=C(C3)OCO4)c3ccccc32)cc1. The third-order valence-electron chi connectivity index (χ3n) is 5.95. The Kier molecular flexibility index (Phi) is 4.90. The van der Waals surface area contributed by atoms with Crippen LogP contribution >= 0.6 is 0 Å². The van der Waals surface area contributed by atoms with E-state index in [9.17, 15) is 9.90 Å². The fraction of sp³-hybridized carbons (Fsp3) is 0.240. The Labute approximate surface area is 180 Å². The van der Waals surface area contributed by atoms with Gasteiger partial charge >= 0.3 is 5.97 Å². The Balaban J connectivity index is 1.50. The van der Waals surface area contributed by atoms with Crippen molar-refractivity contribution in [2.45, 2.75) is 6.42 Å². The number of anilines is 1. The highest BCUT2D eigenvalue weighted by Crippen LogP contribution is 2.40. The number of fused-ring (bicyclic) bond motifs is 1. The number of carboxylic acids is 1. The van der Waals surface area contributed by atoms with Crippen molar-refractivity contribution in [1.29, 1.82) is 0 Å². The number of aliphatic carboxylic acids is 1. The summed E-state index contributed by atoms with van der Waals surface area (Å²) >= 11 is 0. The Morgan fingerprint density at radius 3 is 2.74 bits per heavy atom. The van der Waals surface area contributed by atoms with Crippen molar-refractivity contribution < 1.29 is 24.1 Å². The molecule has 6 nitrogen and oxygen atoms in total. The lowest BCUT2D eigenvalue weighted by molar-refractivity contribution is -0.132. The summed E-state index contributed by atoms with van der Waals surface area (Å²) in [6.45, 7) is 1.30. The fourth-order valence-corrected chi connectivity index (χ4v) is 4.46. The van der Waals surface area contributed by atoms with Crippen LogP contribution in [0, 0.1) is 5.92 Å². The first kappa shape index (κ1) is 19.3. The second-order valence-electron chi connectivity index (χ2n) is 7.80. The number of benzene rings is 2. The number of nitrogens with zero attached hydrogens (tertiary/aromatic N) is 1. The molecule has 2 aromatic carbocycles. The van der Waals surface area contributed by atoms with Crippen LogP contribution in [-0.4, -0.2) is 38.1 Å². The number of hydrogen-bond donors (Lipinski definition) is 1. The molecule has 0 fully saturated rings. The quantitative estimate of drug-likeness (QED) is 0.787. The van der Waals surface area contributed by atoms with E-state index in [1.54, 1.807) is 7.11 Å². The van der Waals surface area contributed by atoms with Crippen LogP contribution in [0.25, 0.3) is 5.57 Å². The molecule has 2 aliphatic heterocycles. The van der Waals surface area contributed by atoms with Gasteiger partial charge in [0.2, 0.25) is 6.79 Å². The normalized spacial score (nSPS) is 19.5. The molecule has 0 bridgehead atoms. The molecule has 0 aromatic heterocycles. The van der Waals surface area contributed by atoms with E-state index in [0.29, 0.717) is 18.7 Å². The van der Waals surface area contributed by atoms with E-state index in [1.807, 2.05) is 48.5 Å². The largest absolute Gasteiger partial charge is 0.497 e. The van der Waals surface area contributed by atoms with Crippen LogP contribution in [-0.2, 0) is 14.3 Å². The summed E-state index contributed by atoms with van der Waals surface area (Å²) in [6.07, 6.45) is 4.84. The maximum atomic E-state index is 12.3. The zero-order valence-corrected chi connectivity index (χ0v) is 17.2. The molecule has 1 atom stereocenters. The molecule has 5 rings (SSSR count). The van der Waals surface area contributed by atoms with Gasteiger partial charge in [0.05, 0.1) is 19.2 Å². The number of para-hydroxylation sites is 1. The van der Waals surface area contributed by atoms with Crippen molar-refractivity contribution in [1.82, 2.24) is 0 Å². The second kappa shape index (κ2) is 7.87. The molecule has 0 radical (unpaired) electrons. The summed E-state index contributed by atoms with van der Waals surface area (Å²) in [5.41, 5.74) is 3.99. The maximum Gasteiger partial charge on any atom is 0.334 e. The van der Waals surface area contributed by atoms with Gasteiger partial charge in [0.25, 0.3) is 0 Å². The molecule has 0 amide bonds. The van der Waals surface area contributed by atoms with Gasteiger partial charge in [-0.3, -0.25) is 0 Å². The molecule has 0 spiro atoms. The van der Waals surface area contributed by atoms with Gasteiger partial charge < -0.3 is 24.2 Å². The van der Waals surface area contributed by atoms with Crippen molar-refractivity contribution in [3.05, 3.63) is 88.9 Å². The van der Waals surface area contributed by atoms with Crippen LogP contribution in [0.3, 0.4) is 0 Å². The van der Waals surface area contributed by atoms with Gasteiger partial charge in [0, 0.05) is 35.7 Å². The van der Waals surface area contributed by atoms with Gasteiger partial charge in [0.15, 0.2) is 5.76 Å². The van der Waals surface area contributed by atoms with E-state index in [2.05, 4.69) is 17.0 Å². The minimum Gasteiger partial charge on any atom is -0.497 e. The summed E-state index contributed by atoms with van der Waals surface area (Å²) in [5, 5.41) is 10.1. The topological polar surface area (TPSA) is 68.2 Å². The summed E-state index contributed by atoms with van der Waals surface area (Å²) in [4.78, 5) is 14.4. The summed E-state index contributed by atoms with van der Waals surface area (Å²) in [5.74, 6) is 1.74. The van der Waals surface area contributed by atoms with Crippen LogP contribution < -0.4 is 9.64 Å². The van der Waals surface area contributed by atoms with Gasteiger partial charge in [0.1, 0.15) is 11.5 Å². The number of ether oxygens (including phenoxy) is 3. The monoisotopic (exact) mass is 417 g/mol. The molecule has 2 heterocycles. The number of carbonyl (C=O) groups is 1. The van der Waals surface area contributed by atoms with Gasteiger partial charge in [-0.05, 0) is 29.8 Å². The number of methoxy groups -OCH3 is 1. The molecule has 0 saturated heterocycles. The van der Waals surface area contributed by atoms with Gasteiger partial charge in [-0.25, -0.2) is 4.79 Å². The Morgan fingerprint density at radius 2 is 1.97 bits per heavy atom. The lowest BCUT2D eigenvalue weighted by Gasteiger charge is -2.35. The molecule has 2 aromatic rings. The zero-order chi connectivity index (χ0) is 21.4. The average molecular weight is 417 g/mol. The van der Waals surface area contributed by atoms with E-state index in [1.165, 1.54) is 0 Å². The highest BCUT2D eigenvalue weighted by molar-refractivity contribution is 6.05.